The van der Waals surface area contributed by atoms with Crippen molar-refractivity contribution in [3.05, 3.63) is 65.5 Å². The molecular formula is C23H33ClN2O. The minimum Gasteiger partial charge on any atom is -0.381 e. The fraction of sp³-hybridized carbons (Fsp3) is 0.522. The number of rotatable bonds is 8. The number of halogens is 1. The van der Waals surface area contributed by atoms with Crippen molar-refractivity contribution in [1.82, 2.24) is 9.88 Å². The highest BCUT2D eigenvalue weighted by atomic mass is 35.5. The number of aromatic nitrogens is 1. The molecule has 4 heteroatoms. The van der Waals surface area contributed by atoms with Gasteiger partial charge in [-0.1, -0.05) is 36.4 Å². The molecule has 1 aromatic carbocycles. The van der Waals surface area contributed by atoms with Crippen LogP contribution in [0.4, 0.5) is 0 Å². The number of hydrogen-bond donors (Lipinski definition) is 0. The van der Waals surface area contributed by atoms with Crippen molar-refractivity contribution in [2.24, 2.45) is 5.41 Å². The molecule has 2 aromatic rings. The summed E-state index contributed by atoms with van der Waals surface area (Å²) in [6.07, 6.45) is 5.56. The van der Waals surface area contributed by atoms with Crippen molar-refractivity contribution in [2.45, 2.75) is 46.1 Å². The molecule has 0 N–H and O–H groups in total. The third kappa shape index (κ3) is 5.78. The van der Waals surface area contributed by atoms with Gasteiger partial charge in [0, 0.05) is 36.5 Å². The number of aryl methyl sites for hydroxylation is 2. The van der Waals surface area contributed by atoms with Crippen LogP contribution in [0.25, 0.3) is 0 Å². The predicted molar refractivity (Wildman–Crippen MR) is 115 cm³/mol. The fourth-order valence-corrected chi connectivity index (χ4v) is 4.00. The van der Waals surface area contributed by atoms with Crippen molar-refractivity contribution < 1.29 is 4.74 Å². The molecule has 0 amide bonds. The third-order valence-corrected chi connectivity index (χ3v) is 5.83. The van der Waals surface area contributed by atoms with Gasteiger partial charge in [0.1, 0.15) is 0 Å². The van der Waals surface area contributed by atoms with Gasteiger partial charge in [0.05, 0.1) is 6.61 Å². The quantitative estimate of drug-likeness (QED) is 0.618. The zero-order valence-corrected chi connectivity index (χ0v) is 17.7. The molecule has 1 aliphatic rings. The van der Waals surface area contributed by atoms with E-state index in [9.17, 15) is 0 Å². The van der Waals surface area contributed by atoms with Crippen LogP contribution in [0.2, 0.25) is 0 Å². The molecule has 2 heterocycles. The number of hydrogen-bond acceptors (Lipinski definition) is 3. The number of ether oxygens (including phenoxy) is 1. The number of nitrogens with zero attached hydrogens (tertiary/aromatic N) is 2. The third-order valence-electron chi connectivity index (χ3n) is 5.83. The summed E-state index contributed by atoms with van der Waals surface area (Å²) in [5.41, 5.74) is 4.08. The van der Waals surface area contributed by atoms with E-state index in [1.807, 2.05) is 13.1 Å². The van der Waals surface area contributed by atoms with Crippen LogP contribution >= 0.6 is 12.4 Å². The van der Waals surface area contributed by atoms with E-state index < -0.39 is 0 Å². The van der Waals surface area contributed by atoms with Crippen molar-refractivity contribution in [3.63, 3.8) is 0 Å². The molecule has 1 aromatic heterocycles. The highest BCUT2D eigenvalue weighted by Gasteiger charge is 2.39. The zero-order chi connectivity index (χ0) is 18.4. The Morgan fingerprint density at radius 2 is 1.96 bits per heavy atom. The van der Waals surface area contributed by atoms with Crippen molar-refractivity contribution >= 4 is 12.4 Å². The van der Waals surface area contributed by atoms with Crippen LogP contribution in [-0.2, 0) is 11.2 Å². The van der Waals surface area contributed by atoms with Gasteiger partial charge in [0.15, 0.2) is 0 Å². The van der Waals surface area contributed by atoms with Gasteiger partial charge in [-0.3, -0.25) is 9.88 Å². The number of likely N-dealkylation sites (tertiary alicyclic amines) is 1. The summed E-state index contributed by atoms with van der Waals surface area (Å²) in [4.78, 5) is 7.09. The van der Waals surface area contributed by atoms with Crippen LogP contribution in [0.3, 0.4) is 0 Å². The minimum atomic E-state index is 0. The Balaban J connectivity index is 0.00000261. The van der Waals surface area contributed by atoms with E-state index in [1.165, 1.54) is 24.0 Å². The lowest BCUT2D eigenvalue weighted by Gasteiger charge is -2.31. The number of pyridine rings is 1. The first-order valence-corrected chi connectivity index (χ1v) is 9.90. The molecule has 2 atom stereocenters. The minimum absolute atomic E-state index is 0. The molecule has 0 spiro atoms. The van der Waals surface area contributed by atoms with Crippen LogP contribution in [0.1, 0.15) is 49.6 Å². The van der Waals surface area contributed by atoms with E-state index in [1.54, 1.807) is 0 Å². The van der Waals surface area contributed by atoms with Gasteiger partial charge in [-0.05, 0) is 63.8 Å². The van der Waals surface area contributed by atoms with Gasteiger partial charge in [0.25, 0.3) is 0 Å². The Kier molecular flexibility index (Phi) is 8.28. The summed E-state index contributed by atoms with van der Waals surface area (Å²) in [5.74, 6) is 0. The molecule has 0 aliphatic carbocycles. The largest absolute Gasteiger partial charge is 0.381 e. The van der Waals surface area contributed by atoms with Crippen molar-refractivity contribution in [3.8, 4) is 0 Å². The molecular weight excluding hydrogens is 356 g/mol. The Labute approximate surface area is 170 Å². The first kappa shape index (κ1) is 21.9. The van der Waals surface area contributed by atoms with Gasteiger partial charge in [-0.2, -0.15) is 0 Å². The van der Waals surface area contributed by atoms with Crippen LogP contribution in [0, 0.1) is 12.3 Å². The molecule has 148 valence electrons. The van der Waals surface area contributed by atoms with Crippen LogP contribution in [-0.4, -0.2) is 36.2 Å². The summed E-state index contributed by atoms with van der Waals surface area (Å²) < 4.78 is 5.92. The first-order chi connectivity index (χ1) is 12.6. The molecule has 0 radical (unpaired) electrons. The normalized spacial score (nSPS) is 21.0. The molecule has 3 rings (SSSR count). The lowest BCUT2D eigenvalue weighted by Crippen LogP contribution is -2.33. The monoisotopic (exact) mass is 388 g/mol. The van der Waals surface area contributed by atoms with Gasteiger partial charge in [0.2, 0.25) is 0 Å². The van der Waals surface area contributed by atoms with Crippen LogP contribution in [0.15, 0.2) is 48.7 Å². The maximum absolute atomic E-state index is 5.92. The average Bonchev–Trinajstić information content (AvgIpc) is 3.10. The topological polar surface area (TPSA) is 25.4 Å². The molecule has 1 unspecified atom stereocenters. The fourth-order valence-electron chi connectivity index (χ4n) is 4.00. The second kappa shape index (κ2) is 10.2. The maximum atomic E-state index is 5.92. The highest BCUT2D eigenvalue weighted by Crippen LogP contribution is 2.39. The predicted octanol–water partition coefficient (Wildman–Crippen LogP) is 5.23. The molecule has 0 saturated carbocycles. The zero-order valence-electron chi connectivity index (χ0n) is 16.9. The van der Waals surface area contributed by atoms with Crippen molar-refractivity contribution in [1.29, 1.82) is 0 Å². The number of benzene rings is 1. The Hall–Kier alpha value is -1.42. The molecule has 0 bridgehead atoms. The van der Waals surface area contributed by atoms with E-state index in [0.717, 1.165) is 38.4 Å². The molecule has 1 aliphatic heterocycles. The average molecular weight is 389 g/mol. The molecule has 27 heavy (non-hydrogen) atoms. The SMILES string of the molecule is CCOC[C@@]1(CCc2ccccc2)CCN(C(C)c2ccc(C)nc2)C1.Cl. The molecule has 3 nitrogen and oxygen atoms in total. The summed E-state index contributed by atoms with van der Waals surface area (Å²) in [6, 6.07) is 15.6. The van der Waals surface area contributed by atoms with E-state index in [2.05, 4.69) is 66.2 Å². The van der Waals surface area contributed by atoms with Gasteiger partial charge < -0.3 is 4.74 Å². The maximum Gasteiger partial charge on any atom is 0.0535 e. The first-order valence-electron chi connectivity index (χ1n) is 9.90. The van der Waals surface area contributed by atoms with Crippen molar-refractivity contribution in [2.75, 3.05) is 26.3 Å². The summed E-state index contributed by atoms with van der Waals surface area (Å²) in [5, 5.41) is 0. The van der Waals surface area contributed by atoms with Gasteiger partial charge >= 0.3 is 0 Å². The summed E-state index contributed by atoms with van der Waals surface area (Å²) >= 11 is 0. The van der Waals surface area contributed by atoms with E-state index in [-0.39, 0.29) is 17.8 Å². The smallest absolute Gasteiger partial charge is 0.0535 e. The van der Waals surface area contributed by atoms with Gasteiger partial charge in [-0.15, -0.1) is 12.4 Å². The Morgan fingerprint density at radius 1 is 1.19 bits per heavy atom. The lowest BCUT2D eigenvalue weighted by atomic mass is 9.82. The Bertz CT molecular complexity index is 677. The standard InChI is InChI=1S/C23H32N2O.ClH/c1-4-26-18-23(13-12-21-8-6-5-7-9-21)14-15-25(17-23)20(3)22-11-10-19(2)24-16-22;/h5-11,16,20H,4,12-15,17-18H2,1-3H3;1H/t20?,23-;/m0./s1. The van der Waals surface area contributed by atoms with Gasteiger partial charge in [-0.25, -0.2) is 0 Å². The molecule has 1 fully saturated rings. The Morgan fingerprint density at radius 3 is 2.63 bits per heavy atom. The second-order valence-electron chi connectivity index (χ2n) is 7.75. The highest BCUT2D eigenvalue weighted by molar-refractivity contribution is 5.85. The lowest BCUT2D eigenvalue weighted by molar-refractivity contribution is 0.0466. The second-order valence-corrected chi connectivity index (χ2v) is 7.75. The molecule has 1 saturated heterocycles. The van der Waals surface area contributed by atoms with E-state index in [4.69, 9.17) is 4.74 Å². The van der Waals surface area contributed by atoms with E-state index >= 15 is 0 Å². The van der Waals surface area contributed by atoms with Crippen LogP contribution < -0.4 is 0 Å². The van der Waals surface area contributed by atoms with Crippen LogP contribution in [0.5, 0.6) is 0 Å². The van der Waals surface area contributed by atoms with E-state index in [0.29, 0.717) is 6.04 Å². The summed E-state index contributed by atoms with van der Waals surface area (Å²) in [6.45, 7) is 10.3. The summed E-state index contributed by atoms with van der Waals surface area (Å²) in [7, 11) is 0.